The van der Waals surface area contributed by atoms with Gasteiger partial charge in [0.25, 0.3) is 5.91 Å². The fraction of sp³-hybridized carbons (Fsp3) is 0.259. The molecule has 0 bridgehead atoms. The van der Waals surface area contributed by atoms with Crippen LogP contribution in [0.1, 0.15) is 36.0 Å². The van der Waals surface area contributed by atoms with E-state index in [1.54, 1.807) is 24.3 Å². The molecule has 0 radical (unpaired) electrons. The molecule has 1 unspecified atom stereocenters. The fourth-order valence-corrected chi connectivity index (χ4v) is 4.13. The lowest BCUT2D eigenvalue weighted by Crippen LogP contribution is -2.38. The van der Waals surface area contributed by atoms with Crippen LogP contribution in [0, 0.1) is 0 Å². The molecule has 7 nitrogen and oxygen atoms in total. The van der Waals surface area contributed by atoms with Crippen LogP contribution in [0.15, 0.2) is 83.6 Å². The third-order valence-corrected chi connectivity index (χ3v) is 5.92. The molecule has 0 aliphatic heterocycles. The summed E-state index contributed by atoms with van der Waals surface area (Å²) in [5.74, 6) is 1.28. The van der Waals surface area contributed by atoms with Gasteiger partial charge in [-0.25, -0.2) is 4.68 Å². The molecule has 34 heavy (non-hydrogen) atoms. The highest BCUT2D eigenvalue weighted by Crippen LogP contribution is 2.32. The Hall–Kier alpha value is -3.84. The summed E-state index contributed by atoms with van der Waals surface area (Å²) in [7, 11) is 1.62. The summed E-state index contributed by atoms with van der Waals surface area (Å²) in [6, 6.07) is 21.1. The number of ether oxygens (including phenoxy) is 1. The maximum Gasteiger partial charge on any atom is 0.255 e. The Morgan fingerprint density at radius 2 is 1.79 bits per heavy atom. The highest BCUT2D eigenvalue weighted by Gasteiger charge is 2.25. The third-order valence-electron chi connectivity index (χ3n) is 5.92. The molecule has 0 spiro atoms. The molecule has 2 heterocycles. The van der Waals surface area contributed by atoms with Gasteiger partial charge in [-0.2, -0.15) is 5.10 Å². The van der Waals surface area contributed by atoms with Crippen molar-refractivity contribution in [2.24, 2.45) is 0 Å². The van der Waals surface area contributed by atoms with Crippen LogP contribution in [0.25, 0.3) is 16.9 Å². The highest BCUT2D eigenvalue weighted by molar-refractivity contribution is 6.00. The molecule has 176 valence electrons. The first kappa shape index (κ1) is 23.3. The molecule has 0 aliphatic rings. The number of methoxy groups -OCH3 is 1. The lowest BCUT2D eigenvalue weighted by molar-refractivity contribution is 0.0930. The number of hydrogen-bond donors (Lipinski definition) is 1. The van der Waals surface area contributed by atoms with Gasteiger partial charge in [-0.3, -0.25) is 9.69 Å². The van der Waals surface area contributed by atoms with Crippen LogP contribution in [0.3, 0.4) is 0 Å². The first-order chi connectivity index (χ1) is 16.7. The van der Waals surface area contributed by atoms with Crippen molar-refractivity contribution in [3.63, 3.8) is 0 Å². The van der Waals surface area contributed by atoms with Gasteiger partial charge in [0.1, 0.15) is 17.2 Å². The van der Waals surface area contributed by atoms with Gasteiger partial charge in [-0.15, -0.1) is 0 Å². The van der Waals surface area contributed by atoms with E-state index < -0.39 is 0 Å². The van der Waals surface area contributed by atoms with Gasteiger partial charge in [-0.1, -0.05) is 44.2 Å². The number of nitrogens with one attached hydrogen (secondary N) is 1. The van der Waals surface area contributed by atoms with E-state index in [-0.39, 0.29) is 11.9 Å². The Morgan fingerprint density at radius 3 is 2.47 bits per heavy atom. The van der Waals surface area contributed by atoms with Crippen molar-refractivity contribution < 1.29 is 13.9 Å². The first-order valence-corrected chi connectivity index (χ1v) is 11.5. The van der Waals surface area contributed by atoms with Crippen LogP contribution < -0.4 is 10.1 Å². The van der Waals surface area contributed by atoms with E-state index in [4.69, 9.17) is 14.3 Å². The van der Waals surface area contributed by atoms with Crippen molar-refractivity contribution >= 4 is 5.91 Å². The molecule has 1 N–H and O–H groups in total. The van der Waals surface area contributed by atoms with Gasteiger partial charge in [0, 0.05) is 18.3 Å². The Labute approximate surface area is 200 Å². The summed E-state index contributed by atoms with van der Waals surface area (Å²) >= 11 is 0. The molecule has 1 amide bonds. The van der Waals surface area contributed by atoms with Crippen molar-refractivity contribution in [1.29, 1.82) is 0 Å². The van der Waals surface area contributed by atoms with Crippen LogP contribution in [0.2, 0.25) is 0 Å². The van der Waals surface area contributed by atoms with Crippen LogP contribution in [0.5, 0.6) is 5.75 Å². The lowest BCUT2D eigenvalue weighted by atomic mass is 10.1. The van der Waals surface area contributed by atoms with Gasteiger partial charge in [0.05, 0.1) is 30.7 Å². The second-order valence-corrected chi connectivity index (χ2v) is 7.83. The van der Waals surface area contributed by atoms with Crippen LogP contribution in [0.4, 0.5) is 0 Å². The number of likely N-dealkylation sites (N-methyl/N-ethyl adjacent to an activating group) is 1. The number of benzene rings is 2. The average Bonchev–Trinajstić information content (AvgIpc) is 3.58. The number of aromatic nitrogens is 2. The normalized spacial score (nSPS) is 12.0. The molecular weight excluding hydrogens is 428 g/mol. The summed E-state index contributed by atoms with van der Waals surface area (Å²) in [5.41, 5.74) is 2.67. The second kappa shape index (κ2) is 10.9. The number of carbonyl (C=O) groups excluding carboxylic acids is 1. The standard InChI is InChI=1S/C27H30N4O3/c1-4-30(5-2)23(25-16-11-17-34-25)18-28-27(32)22-19-31(20-12-7-6-8-13-20)29-26(22)21-14-9-10-15-24(21)33-3/h6-17,19,23H,4-5,18H2,1-3H3,(H,28,32). The Bertz CT molecular complexity index is 1200. The molecule has 0 saturated heterocycles. The molecular formula is C27H30N4O3. The Balaban J connectivity index is 1.68. The van der Waals surface area contributed by atoms with Crippen LogP contribution >= 0.6 is 0 Å². The van der Waals surface area contributed by atoms with Gasteiger partial charge >= 0.3 is 0 Å². The van der Waals surface area contributed by atoms with E-state index >= 15 is 0 Å². The predicted octanol–water partition coefficient (Wildman–Crippen LogP) is 4.95. The van der Waals surface area contributed by atoms with E-state index in [1.807, 2.05) is 66.7 Å². The minimum absolute atomic E-state index is 0.0622. The van der Waals surface area contributed by atoms with Crippen molar-refractivity contribution in [3.05, 3.63) is 90.5 Å². The van der Waals surface area contributed by atoms with Crippen molar-refractivity contribution in [2.75, 3.05) is 26.7 Å². The quantitative estimate of drug-likeness (QED) is 0.364. The van der Waals surface area contributed by atoms with Crippen LogP contribution in [-0.4, -0.2) is 47.3 Å². The first-order valence-electron chi connectivity index (χ1n) is 11.5. The molecule has 1 atom stereocenters. The third kappa shape index (κ3) is 4.89. The molecule has 7 heteroatoms. The number of carbonyl (C=O) groups is 1. The average molecular weight is 459 g/mol. The van der Waals surface area contributed by atoms with Gasteiger partial charge < -0.3 is 14.5 Å². The van der Waals surface area contributed by atoms with Crippen molar-refractivity contribution in [3.8, 4) is 22.7 Å². The smallest absolute Gasteiger partial charge is 0.255 e. The SMILES string of the molecule is CCN(CC)C(CNC(=O)c1cn(-c2ccccc2)nc1-c1ccccc1OC)c1ccco1. The number of amides is 1. The topological polar surface area (TPSA) is 72.5 Å². The zero-order valence-electron chi connectivity index (χ0n) is 19.8. The van der Waals surface area contributed by atoms with E-state index in [1.165, 1.54) is 0 Å². The minimum atomic E-state index is -0.202. The Morgan fingerprint density at radius 1 is 1.06 bits per heavy atom. The number of para-hydroxylation sites is 2. The number of furan rings is 1. The number of nitrogens with zero attached hydrogens (tertiary/aromatic N) is 3. The predicted molar refractivity (Wildman–Crippen MR) is 132 cm³/mol. The second-order valence-electron chi connectivity index (χ2n) is 7.83. The van der Waals surface area contributed by atoms with E-state index in [0.717, 1.165) is 30.1 Å². The zero-order chi connectivity index (χ0) is 23.9. The molecule has 0 fully saturated rings. The largest absolute Gasteiger partial charge is 0.496 e. The highest BCUT2D eigenvalue weighted by atomic mass is 16.5. The summed E-state index contributed by atoms with van der Waals surface area (Å²) in [4.78, 5) is 15.8. The molecule has 2 aromatic heterocycles. The fourth-order valence-electron chi connectivity index (χ4n) is 4.13. The van der Waals surface area contributed by atoms with E-state index in [2.05, 4.69) is 24.1 Å². The molecule has 0 aliphatic carbocycles. The number of rotatable bonds is 10. The van der Waals surface area contributed by atoms with E-state index in [0.29, 0.717) is 23.6 Å². The zero-order valence-corrected chi connectivity index (χ0v) is 19.8. The maximum atomic E-state index is 13.5. The summed E-state index contributed by atoms with van der Waals surface area (Å²) in [6.07, 6.45) is 3.43. The van der Waals surface area contributed by atoms with Gasteiger partial charge in [0.15, 0.2) is 0 Å². The van der Waals surface area contributed by atoms with Crippen molar-refractivity contribution in [1.82, 2.24) is 20.0 Å². The molecule has 4 aromatic rings. The lowest BCUT2D eigenvalue weighted by Gasteiger charge is -2.28. The Kier molecular flexibility index (Phi) is 7.44. The summed E-state index contributed by atoms with van der Waals surface area (Å²) in [6.45, 7) is 6.30. The maximum absolute atomic E-state index is 13.5. The number of hydrogen-bond acceptors (Lipinski definition) is 5. The van der Waals surface area contributed by atoms with Crippen molar-refractivity contribution in [2.45, 2.75) is 19.9 Å². The van der Waals surface area contributed by atoms with E-state index in [9.17, 15) is 4.79 Å². The monoisotopic (exact) mass is 458 g/mol. The molecule has 4 rings (SSSR count). The minimum Gasteiger partial charge on any atom is -0.496 e. The summed E-state index contributed by atoms with van der Waals surface area (Å²) < 4.78 is 13.0. The van der Waals surface area contributed by atoms with Gasteiger partial charge in [-0.05, 0) is 49.5 Å². The van der Waals surface area contributed by atoms with Gasteiger partial charge in [0.2, 0.25) is 0 Å². The molecule has 2 aromatic carbocycles. The summed E-state index contributed by atoms with van der Waals surface area (Å²) in [5, 5.41) is 7.89. The van der Waals surface area contributed by atoms with Crippen LogP contribution in [-0.2, 0) is 0 Å². The molecule has 0 saturated carbocycles.